The van der Waals surface area contributed by atoms with Crippen LogP contribution in [0.5, 0.6) is 0 Å². The van der Waals surface area contributed by atoms with Crippen LogP contribution in [0.25, 0.3) is 0 Å². The second kappa shape index (κ2) is 6.90. The number of anilines is 1. The van der Waals surface area contributed by atoms with Crippen LogP contribution >= 0.6 is 0 Å². The number of aliphatic hydroxyl groups is 1. The Morgan fingerprint density at radius 1 is 1.32 bits per heavy atom. The lowest BCUT2D eigenvalue weighted by molar-refractivity contribution is 0.0228. The summed E-state index contributed by atoms with van der Waals surface area (Å²) in [7, 11) is 0. The van der Waals surface area contributed by atoms with E-state index in [0.29, 0.717) is 11.8 Å². The first kappa shape index (κ1) is 17.3. The smallest absolute Gasteiger partial charge is 0.0696 e. The van der Waals surface area contributed by atoms with Crippen LogP contribution in [0.4, 0.5) is 5.69 Å². The number of hydrogen-bond donors (Lipinski definition) is 3. The summed E-state index contributed by atoms with van der Waals surface area (Å²) < 4.78 is 0. The van der Waals surface area contributed by atoms with E-state index in [1.165, 1.54) is 23.2 Å². The zero-order valence-corrected chi connectivity index (χ0v) is 15.7. The van der Waals surface area contributed by atoms with Gasteiger partial charge in [-0.15, -0.1) is 0 Å². The summed E-state index contributed by atoms with van der Waals surface area (Å²) in [6.07, 6.45) is 3.26. The maximum absolute atomic E-state index is 10.7. The molecule has 4 heteroatoms. The third-order valence-electron chi connectivity index (χ3n) is 7.03. The lowest BCUT2D eigenvalue weighted by Crippen LogP contribution is -2.52. The molecule has 1 aromatic carbocycles. The standard InChI is InChI=1S/C21H33N3O/c1-15-3-4-18-19(11-15)23-14-21(18)7-10-24(12-16(21)2)13-20(25)17-5-8-22-9-6-17/h3-4,11,16-17,20,22-23,25H,5-10,12-14H2,1-2H3/t16-,20?,21+/m0/s1. The van der Waals surface area contributed by atoms with E-state index in [2.05, 4.69) is 47.6 Å². The molecule has 3 heterocycles. The van der Waals surface area contributed by atoms with Gasteiger partial charge in [0.15, 0.2) is 0 Å². The number of hydrogen-bond acceptors (Lipinski definition) is 4. The van der Waals surface area contributed by atoms with Gasteiger partial charge in [0.05, 0.1) is 6.10 Å². The first-order valence-electron chi connectivity index (χ1n) is 10.0. The molecule has 3 N–H and O–H groups in total. The van der Waals surface area contributed by atoms with Crippen molar-refractivity contribution in [2.75, 3.05) is 44.6 Å². The minimum atomic E-state index is -0.167. The molecule has 25 heavy (non-hydrogen) atoms. The molecule has 0 amide bonds. The number of aryl methyl sites for hydroxylation is 1. The number of β-amino-alcohol motifs (C(OH)–C–C–N with tert-alkyl or cyclic N) is 1. The molecule has 0 radical (unpaired) electrons. The number of piperidine rings is 2. The third kappa shape index (κ3) is 3.20. The summed E-state index contributed by atoms with van der Waals surface area (Å²) in [4.78, 5) is 2.51. The van der Waals surface area contributed by atoms with Gasteiger partial charge in [0.2, 0.25) is 0 Å². The Morgan fingerprint density at radius 2 is 2.12 bits per heavy atom. The molecule has 0 aromatic heterocycles. The van der Waals surface area contributed by atoms with Crippen molar-refractivity contribution in [3.8, 4) is 0 Å². The highest BCUT2D eigenvalue weighted by atomic mass is 16.3. The topological polar surface area (TPSA) is 47.5 Å². The second-order valence-electron chi connectivity index (χ2n) is 8.62. The SMILES string of the molecule is Cc1ccc2c(c1)NC[C@@]21CCN(CC(O)C2CCNCC2)C[C@@H]1C. The van der Waals surface area contributed by atoms with Gasteiger partial charge < -0.3 is 20.6 Å². The molecular formula is C21H33N3O. The first-order chi connectivity index (χ1) is 12.1. The lowest BCUT2D eigenvalue weighted by Gasteiger charge is -2.45. The second-order valence-corrected chi connectivity index (χ2v) is 8.62. The number of nitrogens with zero attached hydrogens (tertiary/aromatic N) is 1. The number of nitrogens with one attached hydrogen (secondary N) is 2. The lowest BCUT2D eigenvalue weighted by atomic mass is 9.67. The quantitative estimate of drug-likeness (QED) is 0.789. The highest BCUT2D eigenvalue weighted by Crippen LogP contribution is 2.47. The van der Waals surface area contributed by atoms with Crippen molar-refractivity contribution in [2.45, 2.75) is 44.6 Å². The van der Waals surface area contributed by atoms with E-state index < -0.39 is 0 Å². The van der Waals surface area contributed by atoms with Gasteiger partial charge in [0.1, 0.15) is 0 Å². The van der Waals surface area contributed by atoms with Crippen molar-refractivity contribution in [1.82, 2.24) is 10.2 Å². The maximum Gasteiger partial charge on any atom is 0.0696 e. The molecule has 0 aliphatic carbocycles. The summed E-state index contributed by atoms with van der Waals surface area (Å²) in [6, 6.07) is 6.90. The molecule has 3 aliphatic heterocycles. The van der Waals surface area contributed by atoms with Gasteiger partial charge in [-0.3, -0.25) is 0 Å². The predicted octanol–water partition coefficient (Wildman–Crippen LogP) is 2.36. The van der Waals surface area contributed by atoms with Gasteiger partial charge in [-0.1, -0.05) is 19.1 Å². The van der Waals surface area contributed by atoms with Crippen LogP contribution in [-0.2, 0) is 5.41 Å². The Morgan fingerprint density at radius 3 is 2.88 bits per heavy atom. The van der Waals surface area contributed by atoms with Crippen molar-refractivity contribution in [3.63, 3.8) is 0 Å². The molecule has 1 unspecified atom stereocenters. The molecule has 0 bridgehead atoms. The average Bonchev–Trinajstić information content (AvgIpc) is 2.98. The predicted molar refractivity (Wildman–Crippen MR) is 103 cm³/mol. The molecule has 3 aliphatic rings. The highest BCUT2D eigenvalue weighted by molar-refractivity contribution is 5.62. The summed E-state index contributed by atoms with van der Waals surface area (Å²) in [5, 5.41) is 17.7. The Bertz CT molecular complexity index is 613. The molecule has 4 rings (SSSR count). The van der Waals surface area contributed by atoms with Crippen LogP contribution < -0.4 is 10.6 Å². The molecule has 0 saturated carbocycles. The zero-order valence-electron chi connectivity index (χ0n) is 15.7. The Balaban J connectivity index is 1.41. The molecule has 138 valence electrons. The van der Waals surface area contributed by atoms with E-state index in [1.807, 2.05) is 0 Å². The van der Waals surface area contributed by atoms with Crippen molar-refractivity contribution in [1.29, 1.82) is 0 Å². The monoisotopic (exact) mass is 343 g/mol. The fraction of sp³-hybridized carbons (Fsp3) is 0.714. The van der Waals surface area contributed by atoms with Gasteiger partial charge >= 0.3 is 0 Å². The Labute approximate surface area is 152 Å². The van der Waals surface area contributed by atoms with Crippen LogP contribution in [0.15, 0.2) is 18.2 Å². The molecule has 1 aromatic rings. The maximum atomic E-state index is 10.7. The largest absolute Gasteiger partial charge is 0.392 e. The van der Waals surface area contributed by atoms with Crippen LogP contribution in [0, 0.1) is 18.8 Å². The number of aliphatic hydroxyl groups excluding tert-OH is 1. The van der Waals surface area contributed by atoms with E-state index in [9.17, 15) is 5.11 Å². The third-order valence-corrected chi connectivity index (χ3v) is 7.03. The van der Waals surface area contributed by atoms with E-state index in [1.54, 1.807) is 0 Å². The average molecular weight is 344 g/mol. The van der Waals surface area contributed by atoms with E-state index in [0.717, 1.165) is 52.1 Å². The van der Waals surface area contributed by atoms with E-state index in [-0.39, 0.29) is 11.5 Å². The van der Waals surface area contributed by atoms with Gasteiger partial charge in [-0.2, -0.15) is 0 Å². The van der Waals surface area contributed by atoms with Crippen molar-refractivity contribution in [3.05, 3.63) is 29.3 Å². The summed E-state index contributed by atoms with van der Waals surface area (Å²) in [5.74, 6) is 1.09. The first-order valence-corrected chi connectivity index (χ1v) is 10.0. The zero-order chi connectivity index (χ0) is 17.4. The van der Waals surface area contributed by atoms with E-state index in [4.69, 9.17) is 0 Å². The number of likely N-dealkylation sites (tertiary alicyclic amines) is 1. The molecule has 2 fully saturated rings. The van der Waals surface area contributed by atoms with Crippen molar-refractivity contribution < 1.29 is 5.11 Å². The molecule has 3 atom stereocenters. The van der Waals surface area contributed by atoms with Crippen molar-refractivity contribution in [2.24, 2.45) is 11.8 Å². The number of rotatable bonds is 3. The van der Waals surface area contributed by atoms with Gasteiger partial charge in [-0.25, -0.2) is 0 Å². The minimum absolute atomic E-state index is 0.167. The molecular weight excluding hydrogens is 310 g/mol. The number of fused-ring (bicyclic) bond motifs is 2. The summed E-state index contributed by atoms with van der Waals surface area (Å²) >= 11 is 0. The Kier molecular flexibility index (Phi) is 4.78. The van der Waals surface area contributed by atoms with Crippen LogP contribution in [0.1, 0.15) is 37.3 Å². The van der Waals surface area contributed by atoms with Crippen LogP contribution in [0.3, 0.4) is 0 Å². The fourth-order valence-electron chi connectivity index (χ4n) is 5.32. The number of benzene rings is 1. The van der Waals surface area contributed by atoms with Crippen LogP contribution in [-0.4, -0.2) is 55.4 Å². The van der Waals surface area contributed by atoms with Crippen LogP contribution in [0.2, 0.25) is 0 Å². The molecule has 1 spiro atoms. The van der Waals surface area contributed by atoms with Gasteiger partial charge in [0.25, 0.3) is 0 Å². The van der Waals surface area contributed by atoms with Gasteiger partial charge in [-0.05, 0) is 74.8 Å². The summed E-state index contributed by atoms with van der Waals surface area (Å²) in [5.41, 5.74) is 4.47. The van der Waals surface area contributed by atoms with Gasteiger partial charge in [0, 0.05) is 30.7 Å². The molecule has 4 nitrogen and oxygen atoms in total. The highest BCUT2D eigenvalue weighted by Gasteiger charge is 2.46. The van der Waals surface area contributed by atoms with Crippen molar-refractivity contribution >= 4 is 5.69 Å². The minimum Gasteiger partial charge on any atom is -0.392 e. The van der Waals surface area contributed by atoms with E-state index >= 15 is 0 Å². The molecule has 2 saturated heterocycles. The Hall–Kier alpha value is -1.10. The summed E-state index contributed by atoms with van der Waals surface area (Å²) in [6.45, 7) is 10.8. The normalized spacial score (nSPS) is 31.7. The fourth-order valence-corrected chi connectivity index (χ4v) is 5.32.